The standard InChI is InChI=1S/C11H21N/c1-5-7-9-12-10-11(3,4)8-6-2/h6,10H,2,5,7-9H2,1,3-4H3. The Morgan fingerprint density at radius 3 is 2.58 bits per heavy atom. The van der Waals surface area contributed by atoms with Gasteiger partial charge in [0.25, 0.3) is 0 Å². The van der Waals surface area contributed by atoms with Crippen molar-refractivity contribution in [3.63, 3.8) is 0 Å². The van der Waals surface area contributed by atoms with Crippen LogP contribution in [0.2, 0.25) is 0 Å². The molecule has 0 amide bonds. The molecule has 0 aliphatic rings. The van der Waals surface area contributed by atoms with Gasteiger partial charge >= 0.3 is 0 Å². The monoisotopic (exact) mass is 167 g/mol. The van der Waals surface area contributed by atoms with Crippen molar-refractivity contribution in [3.05, 3.63) is 12.7 Å². The Labute approximate surface area is 76.6 Å². The quantitative estimate of drug-likeness (QED) is 0.326. The third-order valence-corrected chi connectivity index (χ3v) is 1.75. The minimum atomic E-state index is 0.190. The van der Waals surface area contributed by atoms with Gasteiger partial charge in [0, 0.05) is 18.2 Å². The van der Waals surface area contributed by atoms with Crippen molar-refractivity contribution in [2.75, 3.05) is 6.54 Å². The topological polar surface area (TPSA) is 12.4 Å². The minimum absolute atomic E-state index is 0.190. The molecule has 0 fully saturated rings. The SMILES string of the molecule is C=CCC(C)(C)C=NCCCC. The lowest BCUT2D eigenvalue weighted by atomic mass is 9.91. The lowest BCUT2D eigenvalue weighted by Crippen LogP contribution is -2.11. The lowest BCUT2D eigenvalue weighted by molar-refractivity contribution is 0.543. The van der Waals surface area contributed by atoms with Gasteiger partial charge < -0.3 is 0 Å². The van der Waals surface area contributed by atoms with E-state index in [0.717, 1.165) is 13.0 Å². The summed E-state index contributed by atoms with van der Waals surface area (Å²) in [6.45, 7) is 11.3. The highest BCUT2D eigenvalue weighted by Gasteiger charge is 2.11. The molecule has 0 aromatic rings. The molecule has 0 bridgehead atoms. The van der Waals surface area contributed by atoms with E-state index in [0.29, 0.717) is 0 Å². The first-order valence-electron chi connectivity index (χ1n) is 4.74. The maximum Gasteiger partial charge on any atom is 0.0385 e. The summed E-state index contributed by atoms with van der Waals surface area (Å²) in [5.41, 5.74) is 0.190. The van der Waals surface area contributed by atoms with E-state index in [2.05, 4.69) is 38.6 Å². The van der Waals surface area contributed by atoms with E-state index >= 15 is 0 Å². The van der Waals surface area contributed by atoms with Gasteiger partial charge in [-0.2, -0.15) is 0 Å². The molecule has 1 nitrogen and oxygen atoms in total. The minimum Gasteiger partial charge on any atom is -0.297 e. The second-order valence-corrected chi connectivity index (χ2v) is 3.87. The molecule has 12 heavy (non-hydrogen) atoms. The fraction of sp³-hybridized carbons (Fsp3) is 0.727. The Bertz CT molecular complexity index is 145. The molecule has 1 heteroatoms. The van der Waals surface area contributed by atoms with Crippen LogP contribution in [-0.4, -0.2) is 12.8 Å². The van der Waals surface area contributed by atoms with Gasteiger partial charge in [-0.25, -0.2) is 0 Å². The molecular weight excluding hydrogens is 146 g/mol. The second kappa shape index (κ2) is 5.99. The fourth-order valence-corrected chi connectivity index (χ4v) is 0.986. The summed E-state index contributed by atoms with van der Waals surface area (Å²) in [5.74, 6) is 0. The number of hydrogen-bond donors (Lipinski definition) is 0. The maximum absolute atomic E-state index is 4.38. The van der Waals surface area contributed by atoms with Gasteiger partial charge in [-0.1, -0.05) is 33.3 Å². The molecule has 0 atom stereocenters. The first-order chi connectivity index (χ1) is 5.62. The molecule has 0 radical (unpaired) electrons. The van der Waals surface area contributed by atoms with E-state index in [-0.39, 0.29) is 5.41 Å². The van der Waals surface area contributed by atoms with E-state index < -0.39 is 0 Å². The van der Waals surface area contributed by atoms with E-state index in [1.807, 2.05) is 6.08 Å². The summed E-state index contributed by atoms with van der Waals surface area (Å²) in [4.78, 5) is 4.38. The molecule has 0 saturated carbocycles. The van der Waals surface area contributed by atoms with Crippen LogP contribution in [0.1, 0.15) is 40.0 Å². The van der Waals surface area contributed by atoms with Gasteiger partial charge in [0.2, 0.25) is 0 Å². The second-order valence-electron chi connectivity index (χ2n) is 3.87. The number of unbranched alkanes of at least 4 members (excludes halogenated alkanes) is 1. The molecule has 0 unspecified atom stereocenters. The number of hydrogen-bond acceptors (Lipinski definition) is 1. The number of nitrogens with zero attached hydrogens (tertiary/aromatic N) is 1. The highest BCUT2D eigenvalue weighted by Crippen LogP contribution is 2.17. The highest BCUT2D eigenvalue weighted by molar-refractivity contribution is 5.64. The third-order valence-electron chi connectivity index (χ3n) is 1.75. The van der Waals surface area contributed by atoms with Gasteiger partial charge in [0.1, 0.15) is 0 Å². The van der Waals surface area contributed by atoms with Crippen LogP contribution in [0.4, 0.5) is 0 Å². The van der Waals surface area contributed by atoms with Crippen molar-refractivity contribution < 1.29 is 0 Å². The molecule has 0 saturated heterocycles. The molecule has 0 aromatic carbocycles. The van der Waals surface area contributed by atoms with Crippen LogP contribution < -0.4 is 0 Å². The van der Waals surface area contributed by atoms with Gasteiger partial charge in [-0.3, -0.25) is 4.99 Å². The summed E-state index contributed by atoms with van der Waals surface area (Å²) < 4.78 is 0. The van der Waals surface area contributed by atoms with Crippen molar-refractivity contribution in [2.45, 2.75) is 40.0 Å². The zero-order valence-electron chi connectivity index (χ0n) is 8.64. The Morgan fingerprint density at radius 1 is 1.42 bits per heavy atom. The van der Waals surface area contributed by atoms with Crippen LogP contribution >= 0.6 is 0 Å². The fourth-order valence-electron chi connectivity index (χ4n) is 0.986. The first-order valence-corrected chi connectivity index (χ1v) is 4.74. The van der Waals surface area contributed by atoms with Gasteiger partial charge in [0.15, 0.2) is 0 Å². The largest absolute Gasteiger partial charge is 0.297 e. The van der Waals surface area contributed by atoms with Crippen LogP contribution in [0.3, 0.4) is 0 Å². The maximum atomic E-state index is 4.38. The Hall–Kier alpha value is -0.590. The van der Waals surface area contributed by atoms with Crippen molar-refractivity contribution in [1.29, 1.82) is 0 Å². The average molecular weight is 167 g/mol. The average Bonchev–Trinajstić information content (AvgIpc) is 1.98. The third kappa shape index (κ3) is 6.14. The van der Waals surface area contributed by atoms with Crippen LogP contribution in [0.25, 0.3) is 0 Å². The number of allylic oxidation sites excluding steroid dienone is 1. The highest BCUT2D eigenvalue weighted by atomic mass is 14.7. The van der Waals surface area contributed by atoms with E-state index in [9.17, 15) is 0 Å². The smallest absolute Gasteiger partial charge is 0.0385 e. The first kappa shape index (κ1) is 11.4. The molecule has 0 spiro atoms. The summed E-state index contributed by atoms with van der Waals surface area (Å²) >= 11 is 0. The zero-order chi connectivity index (χ0) is 9.45. The van der Waals surface area contributed by atoms with Crippen molar-refractivity contribution in [2.24, 2.45) is 10.4 Å². The van der Waals surface area contributed by atoms with E-state index in [1.54, 1.807) is 0 Å². The normalized spacial score (nSPS) is 12.2. The molecule has 0 rings (SSSR count). The number of aliphatic imine (C=N–C) groups is 1. The number of rotatable bonds is 6. The Balaban J connectivity index is 3.70. The van der Waals surface area contributed by atoms with Gasteiger partial charge in [-0.15, -0.1) is 6.58 Å². The molecule has 0 aromatic heterocycles. The molecule has 0 aliphatic carbocycles. The van der Waals surface area contributed by atoms with Crippen LogP contribution in [0.5, 0.6) is 0 Å². The molecule has 0 heterocycles. The van der Waals surface area contributed by atoms with Crippen molar-refractivity contribution in [3.8, 4) is 0 Å². The van der Waals surface area contributed by atoms with Gasteiger partial charge in [0.05, 0.1) is 0 Å². The van der Waals surface area contributed by atoms with Crippen molar-refractivity contribution >= 4 is 6.21 Å². The summed E-state index contributed by atoms with van der Waals surface area (Å²) in [6, 6.07) is 0. The Kier molecular flexibility index (Phi) is 5.69. The van der Waals surface area contributed by atoms with Crippen LogP contribution in [-0.2, 0) is 0 Å². The van der Waals surface area contributed by atoms with E-state index in [1.165, 1.54) is 12.8 Å². The predicted octanol–water partition coefficient (Wildman–Crippen LogP) is 3.46. The summed E-state index contributed by atoms with van der Waals surface area (Å²) in [6.07, 6.45) is 7.43. The lowest BCUT2D eigenvalue weighted by Gasteiger charge is -2.15. The predicted molar refractivity (Wildman–Crippen MR) is 56.9 cm³/mol. The summed E-state index contributed by atoms with van der Waals surface area (Å²) in [5, 5.41) is 0. The summed E-state index contributed by atoms with van der Waals surface area (Å²) in [7, 11) is 0. The van der Waals surface area contributed by atoms with Crippen molar-refractivity contribution in [1.82, 2.24) is 0 Å². The van der Waals surface area contributed by atoms with Crippen LogP contribution in [0, 0.1) is 5.41 Å². The molecule has 0 N–H and O–H groups in total. The zero-order valence-corrected chi connectivity index (χ0v) is 8.64. The molecule has 0 aliphatic heterocycles. The Morgan fingerprint density at radius 2 is 2.08 bits per heavy atom. The molecular formula is C11H21N. The molecule has 70 valence electrons. The van der Waals surface area contributed by atoms with Gasteiger partial charge in [-0.05, 0) is 12.8 Å². The van der Waals surface area contributed by atoms with E-state index in [4.69, 9.17) is 0 Å². The van der Waals surface area contributed by atoms with Crippen LogP contribution in [0.15, 0.2) is 17.6 Å².